The van der Waals surface area contributed by atoms with Gasteiger partial charge in [-0.15, -0.1) is 0 Å². The lowest BCUT2D eigenvalue weighted by atomic mass is 9.85. The minimum atomic E-state index is -0.632. The molecule has 0 amide bonds. The fraction of sp³-hybridized carbons (Fsp3) is 0.650. The van der Waals surface area contributed by atoms with Crippen molar-refractivity contribution in [2.75, 3.05) is 36.0 Å². The van der Waals surface area contributed by atoms with Crippen LogP contribution < -0.4 is 14.5 Å². The summed E-state index contributed by atoms with van der Waals surface area (Å²) < 4.78 is 5.97. The van der Waals surface area contributed by atoms with E-state index in [-0.39, 0.29) is 5.92 Å². The molecule has 4 rings (SSSR count). The van der Waals surface area contributed by atoms with E-state index in [1.54, 1.807) is 0 Å². The second kappa shape index (κ2) is 7.14. The lowest BCUT2D eigenvalue weighted by molar-refractivity contribution is -0.142. The Kier molecular flexibility index (Phi) is 4.73. The number of rotatable bonds is 3. The van der Waals surface area contributed by atoms with E-state index in [9.17, 15) is 9.90 Å². The molecule has 1 aromatic carbocycles. The molecule has 1 aromatic rings. The molecule has 2 heterocycles. The van der Waals surface area contributed by atoms with Gasteiger partial charge in [-0.3, -0.25) is 4.79 Å². The molecule has 0 atom stereocenters. The lowest BCUT2D eigenvalue weighted by Crippen LogP contribution is -2.43. The number of benzene rings is 1. The van der Waals surface area contributed by atoms with Gasteiger partial charge in [-0.1, -0.05) is 0 Å². The molecule has 1 saturated carbocycles. The molecule has 25 heavy (non-hydrogen) atoms. The van der Waals surface area contributed by atoms with Crippen molar-refractivity contribution in [2.24, 2.45) is 5.92 Å². The molecule has 5 heteroatoms. The van der Waals surface area contributed by atoms with Gasteiger partial charge in [0.05, 0.1) is 18.2 Å². The second-order valence-corrected chi connectivity index (χ2v) is 7.59. The van der Waals surface area contributed by atoms with Crippen molar-refractivity contribution in [2.45, 2.75) is 51.0 Å². The van der Waals surface area contributed by atoms with E-state index in [1.807, 2.05) is 0 Å². The number of nitrogens with zero attached hydrogens (tertiary/aromatic N) is 2. The van der Waals surface area contributed by atoms with E-state index in [2.05, 4.69) is 28.0 Å². The fourth-order valence-electron chi connectivity index (χ4n) is 4.59. The number of hydrogen-bond acceptors (Lipinski definition) is 4. The number of hydrogen-bond donors (Lipinski definition) is 1. The van der Waals surface area contributed by atoms with E-state index < -0.39 is 5.97 Å². The molecule has 0 radical (unpaired) electrons. The number of piperidine rings is 1. The summed E-state index contributed by atoms with van der Waals surface area (Å²) >= 11 is 0. The van der Waals surface area contributed by atoms with Crippen molar-refractivity contribution < 1.29 is 14.6 Å². The van der Waals surface area contributed by atoms with Crippen LogP contribution in [0, 0.1) is 5.92 Å². The molecule has 2 aliphatic heterocycles. The molecular weight excluding hydrogens is 316 g/mol. The van der Waals surface area contributed by atoms with Crippen LogP contribution in [0.3, 0.4) is 0 Å². The molecule has 2 fully saturated rings. The van der Waals surface area contributed by atoms with Gasteiger partial charge in [-0.25, -0.2) is 0 Å². The maximum absolute atomic E-state index is 11.2. The Hall–Kier alpha value is -1.91. The van der Waals surface area contributed by atoms with Crippen molar-refractivity contribution >= 4 is 17.3 Å². The van der Waals surface area contributed by atoms with Crippen LogP contribution >= 0.6 is 0 Å². The first-order valence-corrected chi connectivity index (χ1v) is 9.73. The van der Waals surface area contributed by atoms with Crippen molar-refractivity contribution in [1.82, 2.24) is 0 Å². The first-order valence-electron chi connectivity index (χ1n) is 9.73. The summed E-state index contributed by atoms with van der Waals surface area (Å²) in [6.07, 6.45) is 7.39. The van der Waals surface area contributed by atoms with Crippen LogP contribution in [-0.4, -0.2) is 43.4 Å². The Bertz CT molecular complexity index is 619. The van der Waals surface area contributed by atoms with Gasteiger partial charge in [0.25, 0.3) is 0 Å². The highest BCUT2D eigenvalue weighted by Gasteiger charge is 2.32. The van der Waals surface area contributed by atoms with E-state index in [0.29, 0.717) is 6.04 Å². The summed E-state index contributed by atoms with van der Waals surface area (Å²) in [4.78, 5) is 16.1. The van der Waals surface area contributed by atoms with Gasteiger partial charge in [0.15, 0.2) is 0 Å². The third-order valence-corrected chi connectivity index (χ3v) is 6.05. The third-order valence-electron chi connectivity index (χ3n) is 6.05. The number of carboxylic acid groups (broad SMARTS) is 1. The molecule has 5 nitrogen and oxygen atoms in total. The van der Waals surface area contributed by atoms with Crippen molar-refractivity contribution in [3.63, 3.8) is 0 Å². The van der Waals surface area contributed by atoms with E-state index in [1.165, 1.54) is 30.6 Å². The van der Waals surface area contributed by atoms with Crippen LogP contribution in [0.1, 0.15) is 44.9 Å². The average Bonchev–Trinajstić information content (AvgIpc) is 2.68. The summed E-state index contributed by atoms with van der Waals surface area (Å²) in [6.45, 7) is 3.90. The lowest BCUT2D eigenvalue weighted by Gasteiger charge is -2.41. The SMILES string of the molecule is O=C(O)C1CCC(N2CCOc3cc(N4CCCCC4)ccc32)CC1. The zero-order chi connectivity index (χ0) is 17.2. The number of fused-ring (bicyclic) bond motifs is 1. The highest BCUT2D eigenvalue weighted by Crippen LogP contribution is 2.39. The quantitative estimate of drug-likeness (QED) is 0.909. The van der Waals surface area contributed by atoms with Crippen LogP contribution in [0.4, 0.5) is 11.4 Å². The predicted molar refractivity (Wildman–Crippen MR) is 98.7 cm³/mol. The first-order chi connectivity index (χ1) is 12.2. The van der Waals surface area contributed by atoms with Gasteiger partial charge >= 0.3 is 5.97 Å². The third kappa shape index (κ3) is 3.42. The Morgan fingerprint density at radius 2 is 1.80 bits per heavy atom. The van der Waals surface area contributed by atoms with Crippen LogP contribution in [-0.2, 0) is 4.79 Å². The number of carbonyl (C=O) groups is 1. The first kappa shape index (κ1) is 16.6. The van der Waals surface area contributed by atoms with Crippen LogP contribution in [0.25, 0.3) is 0 Å². The minimum Gasteiger partial charge on any atom is -0.489 e. The van der Waals surface area contributed by atoms with E-state index >= 15 is 0 Å². The van der Waals surface area contributed by atoms with Crippen molar-refractivity contribution in [3.8, 4) is 5.75 Å². The highest BCUT2D eigenvalue weighted by atomic mass is 16.5. The molecule has 0 spiro atoms. The largest absolute Gasteiger partial charge is 0.489 e. The second-order valence-electron chi connectivity index (χ2n) is 7.59. The zero-order valence-electron chi connectivity index (χ0n) is 14.8. The molecule has 1 aliphatic carbocycles. The Labute approximate surface area is 149 Å². The molecule has 3 aliphatic rings. The molecule has 0 bridgehead atoms. The normalized spacial score (nSPS) is 26.7. The Morgan fingerprint density at radius 1 is 1.04 bits per heavy atom. The standard InChI is InChI=1S/C20H28N2O3/c23-20(24)15-4-6-16(7-5-15)22-12-13-25-19-14-17(8-9-18(19)22)21-10-2-1-3-11-21/h8-9,14-16H,1-7,10-13H2,(H,23,24). The fourth-order valence-corrected chi connectivity index (χ4v) is 4.59. The Morgan fingerprint density at radius 3 is 2.52 bits per heavy atom. The van der Waals surface area contributed by atoms with Gasteiger partial charge in [-0.2, -0.15) is 0 Å². The number of aliphatic carboxylic acids is 1. The van der Waals surface area contributed by atoms with Crippen LogP contribution in [0.15, 0.2) is 18.2 Å². The maximum Gasteiger partial charge on any atom is 0.306 e. The number of carboxylic acids is 1. The summed E-state index contributed by atoms with van der Waals surface area (Å²) in [5, 5.41) is 9.21. The summed E-state index contributed by atoms with van der Waals surface area (Å²) in [5.74, 6) is 0.208. The Balaban J connectivity index is 1.49. The molecular formula is C20H28N2O3. The van der Waals surface area contributed by atoms with Gasteiger partial charge in [-0.05, 0) is 57.1 Å². The van der Waals surface area contributed by atoms with E-state index in [0.717, 1.165) is 57.7 Å². The molecule has 136 valence electrons. The summed E-state index contributed by atoms with van der Waals surface area (Å²) in [6, 6.07) is 7.09. The van der Waals surface area contributed by atoms with Crippen LogP contribution in [0.5, 0.6) is 5.75 Å². The predicted octanol–water partition coefficient (Wildman–Crippen LogP) is 3.52. The van der Waals surface area contributed by atoms with Crippen LogP contribution in [0.2, 0.25) is 0 Å². The average molecular weight is 344 g/mol. The maximum atomic E-state index is 11.2. The van der Waals surface area contributed by atoms with E-state index in [4.69, 9.17) is 4.74 Å². The highest BCUT2D eigenvalue weighted by molar-refractivity contribution is 5.70. The van der Waals surface area contributed by atoms with Crippen molar-refractivity contribution in [3.05, 3.63) is 18.2 Å². The van der Waals surface area contributed by atoms with Gasteiger partial charge in [0, 0.05) is 30.9 Å². The minimum absolute atomic E-state index is 0.154. The molecule has 0 unspecified atom stereocenters. The smallest absolute Gasteiger partial charge is 0.306 e. The number of ether oxygens (including phenoxy) is 1. The van der Waals surface area contributed by atoms with Gasteiger partial charge < -0.3 is 19.6 Å². The molecule has 1 N–H and O–H groups in total. The van der Waals surface area contributed by atoms with Gasteiger partial charge in [0.1, 0.15) is 12.4 Å². The summed E-state index contributed by atoms with van der Waals surface area (Å²) in [5.41, 5.74) is 2.46. The summed E-state index contributed by atoms with van der Waals surface area (Å²) in [7, 11) is 0. The van der Waals surface area contributed by atoms with Crippen molar-refractivity contribution in [1.29, 1.82) is 0 Å². The monoisotopic (exact) mass is 344 g/mol. The van der Waals surface area contributed by atoms with Gasteiger partial charge in [0.2, 0.25) is 0 Å². The zero-order valence-corrected chi connectivity index (χ0v) is 14.8. The molecule has 1 saturated heterocycles. The number of anilines is 2. The topological polar surface area (TPSA) is 53.0 Å². The molecule has 0 aromatic heterocycles.